The van der Waals surface area contributed by atoms with E-state index in [2.05, 4.69) is 46.4 Å². The highest BCUT2D eigenvalue weighted by Gasteiger charge is 2.43. The molecule has 8 nitrogen and oxygen atoms in total. The Morgan fingerprint density at radius 1 is 1.10 bits per heavy atom. The van der Waals surface area contributed by atoms with E-state index >= 15 is 0 Å². The topological polar surface area (TPSA) is 101 Å². The van der Waals surface area contributed by atoms with Gasteiger partial charge in [-0.1, -0.05) is 30.7 Å². The van der Waals surface area contributed by atoms with Gasteiger partial charge in [-0.3, -0.25) is 19.5 Å². The molecule has 216 valence electrons. The highest BCUT2D eigenvalue weighted by atomic mass is 16.5. The predicted molar refractivity (Wildman–Crippen MR) is 156 cm³/mol. The van der Waals surface area contributed by atoms with E-state index in [4.69, 9.17) is 10.5 Å². The first kappa shape index (κ1) is 28.7. The highest BCUT2D eigenvalue weighted by molar-refractivity contribution is 5.97. The van der Waals surface area contributed by atoms with Gasteiger partial charge in [0.2, 0.25) is 5.91 Å². The summed E-state index contributed by atoms with van der Waals surface area (Å²) in [5, 5.41) is 3.23. The number of ether oxygens (including phenoxy) is 1. The molecule has 1 aliphatic carbocycles. The Kier molecular flexibility index (Phi) is 9.83. The minimum atomic E-state index is -0.518. The third kappa shape index (κ3) is 7.09. The van der Waals surface area contributed by atoms with E-state index in [-0.39, 0.29) is 24.0 Å². The molecule has 3 aliphatic rings. The molecule has 5 atom stereocenters. The SMILES string of the molecule is Cc1ccccc1CN(CC1CCCO1)C1CC(C(=O)NCC2CCCC(CN)C2)N(C(=O)c2cccnc2)C1. The van der Waals surface area contributed by atoms with Gasteiger partial charge in [-0.05, 0) is 87.1 Å². The number of amides is 2. The van der Waals surface area contributed by atoms with Crippen LogP contribution in [-0.4, -0.2) is 77.6 Å². The number of aryl methyl sites for hydroxylation is 1. The van der Waals surface area contributed by atoms with E-state index in [9.17, 15) is 9.59 Å². The van der Waals surface area contributed by atoms with Crippen LogP contribution >= 0.6 is 0 Å². The van der Waals surface area contributed by atoms with Crippen molar-refractivity contribution in [2.45, 2.75) is 76.6 Å². The monoisotopic (exact) mass is 547 g/mol. The second-order valence-corrected chi connectivity index (χ2v) is 12.0. The molecule has 0 bridgehead atoms. The van der Waals surface area contributed by atoms with Crippen molar-refractivity contribution in [1.29, 1.82) is 0 Å². The molecule has 5 rings (SSSR count). The lowest BCUT2D eigenvalue weighted by Gasteiger charge is -2.31. The van der Waals surface area contributed by atoms with Crippen molar-refractivity contribution in [3.05, 3.63) is 65.5 Å². The molecular formula is C32H45N5O3. The number of likely N-dealkylation sites (tertiary alicyclic amines) is 1. The summed E-state index contributed by atoms with van der Waals surface area (Å²) in [7, 11) is 0. The van der Waals surface area contributed by atoms with Crippen molar-refractivity contribution in [3.8, 4) is 0 Å². The van der Waals surface area contributed by atoms with Crippen LogP contribution in [0.1, 0.15) is 66.4 Å². The van der Waals surface area contributed by atoms with Gasteiger partial charge < -0.3 is 20.7 Å². The Morgan fingerprint density at radius 2 is 1.95 bits per heavy atom. The fraction of sp³-hybridized carbons (Fsp3) is 0.594. The van der Waals surface area contributed by atoms with Gasteiger partial charge in [0, 0.05) is 51.2 Å². The number of aromatic nitrogens is 1. The van der Waals surface area contributed by atoms with E-state index in [1.165, 1.54) is 17.5 Å². The fourth-order valence-corrected chi connectivity index (χ4v) is 6.77. The molecule has 40 heavy (non-hydrogen) atoms. The summed E-state index contributed by atoms with van der Waals surface area (Å²) in [5.74, 6) is 0.804. The number of benzene rings is 1. The second-order valence-electron chi connectivity index (χ2n) is 12.0. The van der Waals surface area contributed by atoms with E-state index in [0.717, 1.165) is 51.8 Å². The molecule has 0 radical (unpaired) electrons. The summed E-state index contributed by atoms with van der Waals surface area (Å²) in [4.78, 5) is 35.8. The first-order valence-electron chi connectivity index (χ1n) is 15.1. The Balaban J connectivity index is 1.34. The Bertz CT molecular complexity index is 1120. The molecule has 2 aromatic rings. The van der Waals surface area contributed by atoms with Crippen LogP contribution < -0.4 is 11.1 Å². The number of carbonyl (C=O) groups excluding carboxylic acids is 2. The highest BCUT2D eigenvalue weighted by Crippen LogP contribution is 2.30. The number of hydrogen-bond donors (Lipinski definition) is 2. The maximum Gasteiger partial charge on any atom is 0.256 e. The first-order valence-corrected chi connectivity index (χ1v) is 15.1. The van der Waals surface area contributed by atoms with Crippen molar-refractivity contribution in [1.82, 2.24) is 20.1 Å². The van der Waals surface area contributed by atoms with Crippen LogP contribution in [0.3, 0.4) is 0 Å². The van der Waals surface area contributed by atoms with Gasteiger partial charge in [0.15, 0.2) is 0 Å². The van der Waals surface area contributed by atoms with E-state index in [0.29, 0.717) is 43.5 Å². The van der Waals surface area contributed by atoms with Crippen LogP contribution in [0, 0.1) is 18.8 Å². The summed E-state index contributed by atoms with van der Waals surface area (Å²) in [6.45, 7) is 6.37. The van der Waals surface area contributed by atoms with Gasteiger partial charge in [-0.25, -0.2) is 0 Å². The van der Waals surface area contributed by atoms with Crippen molar-refractivity contribution in [3.63, 3.8) is 0 Å². The zero-order valence-electron chi connectivity index (χ0n) is 23.8. The molecule has 2 aliphatic heterocycles. The molecule has 1 aromatic carbocycles. The molecule has 2 amide bonds. The Hall–Kier alpha value is -2.81. The van der Waals surface area contributed by atoms with Crippen molar-refractivity contribution < 1.29 is 14.3 Å². The van der Waals surface area contributed by atoms with Gasteiger partial charge in [-0.15, -0.1) is 0 Å². The van der Waals surface area contributed by atoms with E-state index in [1.54, 1.807) is 29.4 Å². The summed E-state index contributed by atoms with van der Waals surface area (Å²) < 4.78 is 6.03. The van der Waals surface area contributed by atoms with Crippen LogP contribution in [0.4, 0.5) is 0 Å². The van der Waals surface area contributed by atoms with Gasteiger partial charge in [0.05, 0.1) is 11.7 Å². The van der Waals surface area contributed by atoms with Gasteiger partial charge in [0.1, 0.15) is 6.04 Å². The maximum atomic E-state index is 13.7. The van der Waals surface area contributed by atoms with Crippen LogP contribution in [0.25, 0.3) is 0 Å². The summed E-state index contributed by atoms with van der Waals surface area (Å²) in [5.41, 5.74) is 8.98. The number of nitrogens with one attached hydrogen (secondary N) is 1. The number of nitrogens with zero attached hydrogens (tertiary/aromatic N) is 3. The molecule has 3 heterocycles. The summed E-state index contributed by atoms with van der Waals surface area (Å²) in [6, 6.07) is 11.6. The lowest BCUT2D eigenvalue weighted by molar-refractivity contribution is -0.125. The normalized spacial score (nSPS) is 26.8. The molecule has 5 unspecified atom stereocenters. The summed E-state index contributed by atoms with van der Waals surface area (Å²) in [6.07, 6.45) is 10.7. The molecule has 1 aromatic heterocycles. The number of carbonyl (C=O) groups is 2. The van der Waals surface area contributed by atoms with Crippen LogP contribution in [-0.2, 0) is 16.1 Å². The molecule has 8 heteroatoms. The minimum Gasteiger partial charge on any atom is -0.377 e. The third-order valence-corrected chi connectivity index (χ3v) is 9.15. The van der Waals surface area contributed by atoms with E-state index in [1.807, 2.05) is 0 Å². The molecule has 3 N–H and O–H groups in total. The lowest BCUT2D eigenvalue weighted by atomic mass is 9.81. The number of pyridine rings is 1. The largest absolute Gasteiger partial charge is 0.377 e. The standard InChI is InChI=1S/C32H45N5O3/c1-23-7-2-3-10-27(23)20-36(22-29-12-6-14-40-29)28-16-30(37(21-28)32(39)26-11-5-13-34-19-26)31(38)35-18-25-9-4-8-24(15-25)17-33/h2-3,5,7,10-11,13,19,24-25,28-30H,4,6,8-9,12,14-18,20-22,33H2,1H3,(H,35,38). The minimum absolute atomic E-state index is 0.0523. The smallest absolute Gasteiger partial charge is 0.256 e. The Morgan fingerprint density at radius 3 is 2.70 bits per heavy atom. The number of rotatable bonds is 10. The average Bonchev–Trinajstić information content (AvgIpc) is 3.67. The van der Waals surface area contributed by atoms with Gasteiger partial charge in [-0.2, -0.15) is 0 Å². The van der Waals surface area contributed by atoms with Crippen molar-refractivity contribution >= 4 is 11.8 Å². The molecule has 0 spiro atoms. The van der Waals surface area contributed by atoms with Crippen LogP contribution in [0.2, 0.25) is 0 Å². The third-order valence-electron chi connectivity index (χ3n) is 9.15. The van der Waals surface area contributed by atoms with Gasteiger partial charge >= 0.3 is 0 Å². The van der Waals surface area contributed by atoms with Gasteiger partial charge in [0.25, 0.3) is 5.91 Å². The average molecular weight is 548 g/mol. The predicted octanol–water partition coefficient (Wildman–Crippen LogP) is 3.54. The first-order chi connectivity index (χ1) is 19.5. The summed E-state index contributed by atoms with van der Waals surface area (Å²) >= 11 is 0. The fourth-order valence-electron chi connectivity index (χ4n) is 6.77. The lowest BCUT2D eigenvalue weighted by Crippen LogP contribution is -2.47. The molecule has 3 fully saturated rings. The maximum absolute atomic E-state index is 13.7. The van der Waals surface area contributed by atoms with E-state index < -0.39 is 6.04 Å². The Labute approximate surface area is 238 Å². The van der Waals surface area contributed by atoms with Crippen molar-refractivity contribution in [2.75, 3.05) is 32.8 Å². The van der Waals surface area contributed by atoms with Crippen LogP contribution in [0.5, 0.6) is 0 Å². The van der Waals surface area contributed by atoms with Crippen molar-refractivity contribution in [2.24, 2.45) is 17.6 Å². The molecule has 1 saturated carbocycles. The quantitative estimate of drug-likeness (QED) is 0.472. The second kappa shape index (κ2) is 13.7. The zero-order valence-corrected chi connectivity index (χ0v) is 23.8. The molecular weight excluding hydrogens is 502 g/mol. The number of nitrogens with two attached hydrogens (primary N) is 1. The number of hydrogen-bond acceptors (Lipinski definition) is 6. The molecule has 2 saturated heterocycles. The zero-order chi connectivity index (χ0) is 27.9. The van der Waals surface area contributed by atoms with Crippen LogP contribution in [0.15, 0.2) is 48.8 Å².